The van der Waals surface area contributed by atoms with Crippen molar-refractivity contribution < 1.29 is 9.90 Å². The summed E-state index contributed by atoms with van der Waals surface area (Å²) in [7, 11) is 0. The van der Waals surface area contributed by atoms with Gasteiger partial charge in [-0.25, -0.2) is 0 Å². The second kappa shape index (κ2) is 4.35. The molecule has 0 aromatic heterocycles. The fourth-order valence-corrected chi connectivity index (χ4v) is 2.31. The minimum Gasteiger partial charge on any atom is -0.395 e. The maximum atomic E-state index is 12.0. The highest BCUT2D eigenvalue weighted by Crippen LogP contribution is 2.45. The predicted molar refractivity (Wildman–Crippen MR) is 76.1 cm³/mol. The summed E-state index contributed by atoms with van der Waals surface area (Å²) in [5.74, 6) is -0.0681. The molecule has 0 heterocycles. The quantitative estimate of drug-likeness (QED) is 0.886. The van der Waals surface area contributed by atoms with Gasteiger partial charge in [-0.15, -0.1) is 0 Å². The summed E-state index contributed by atoms with van der Waals surface area (Å²) in [5.41, 5.74) is 1.49. The lowest BCUT2D eigenvalue weighted by molar-refractivity contribution is -0.122. The molecule has 3 rings (SSSR count). The van der Waals surface area contributed by atoms with Gasteiger partial charge in [0, 0.05) is 5.69 Å². The molecule has 0 saturated heterocycles. The van der Waals surface area contributed by atoms with Gasteiger partial charge in [-0.1, -0.05) is 29.8 Å². The number of benzene rings is 2. The summed E-state index contributed by atoms with van der Waals surface area (Å²) in [6.45, 7) is 2.00. The molecule has 0 spiro atoms. The summed E-state index contributed by atoms with van der Waals surface area (Å²) in [5, 5.41) is 14.4. The summed E-state index contributed by atoms with van der Waals surface area (Å²) >= 11 is 0. The number of rotatable bonds is 3. The third kappa shape index (κ3) is 2.22. The van der Waals surface area contributed by atoms with Gasteiger partial charge < -0.3 is 10.4 Å². The van der Waals surface area contributed by atoms with Crippen molar-refractivity contribution in [1.82, 2.24) is 0 Å². The Morgan fingerprint density at radius 1 is 1.21 bits per heavy atom. The molecule has 3 nitrogen and oxygen atoms in total. The van der Waals surface area contributed by atoms with Crippen molar-refractivity contribution in [3.05, 3.63) is 42.0 Å². The van der Waals surface area contributed by atoms with E-state index in [1.54, 1.807) is 0 Å². The van der Waals surface area contributed by atoms with Crippen LogP contribution in [0.4, 0.5) is 5.69 Å². The van der Waals surface area contributed by atoms with Crippen LogP contribution in [0.15, 0.2) is 36.4 Å². The van der Waals surface area contributed by atoms with E-state index in [-0.39, 0.29) is 12.5 Å². The smallest absolute Gasteiger partial charge is 0.232 e. The Kier molecular flexibility index (Phi) is 2.79. The van der Waals surface area contributed by atoms with E-state index < -0.39 is 5.41 Å². The van der Waals surface area contributed by atoms with Crippen molar-refractivity contribution in [2.24, 2.45) is 5.41 Å². The van der Waals surface area contributed by atoms with Crippen molar-refractivity contribution in [1.29, 1.82) is 0 Å². The van der Waals surface area contributed by atoms with Gasteiger partial charge in [0.1, 0.15) is 0 Å². The van der Waals surface area contributed by atoms with E-state index in [2.05, 4.69) is 30.4 Å². The van der Waals surface area contributed by atoms with Crippen LogP contribution in [0.2, 0.25) is 0 Å². The molecule has 2 aromatic carbocycles. The van der Waals surface area contributed by atoms with E-state index in [9.17, 15) is 9.90 Å². The molecule has 0 unspecified atom stereocenters. The van der Waals surface area contributed by atoms with Crippen molar-refractivity contribution in [3.8, 4) is 0 Å². The minimum atomic E-state index is -0.526. The van der Waals surface area contributed by atoms with Crippen LogP contribution >= 0.6 is 0 Å². The SMILES string of the molecule is Cc1ccc2cc(NC(=O)C3(CO)CC3)ccc2c1. The Bertz CT molecular complexity index is 644. The zero-order valence-electron chi connectivity index (χ0n) is 10.9. The van der Waals surface area contributed by atoms with E-state index in [0.29, 0.717) is 0 Å². The van der Waals surface area contributed by atoms with Crippen LogP contribution in [0.3, 0.4) is 0 Å². The first-order valence-electron chi connectivity index (χ1n) is 6.56. The fraction of sp³-hybridized carbons (Fsp3) is 0.312. The van der Waals surface area contributed by atoms with E-state index in [1.807, 2.05) is 18.2 Å². The highest BCUT2D eigenvalue weighted by molar-refractivity contribution is 5.99. The molecule has 0 radical (unpaired) electrons. The molecule has 1 fully saturated rings. The van der Waals surface area contributed by atoms with Gasteiger partial charge >= 0.3 is 0 Å². The number of aliphatic hydroxyl groups excluding tert-OH is 1. The molecule has 0 atom stereocenters. The molecule has 1 amide bonds. The van der Waals surface area contributed by atoms with Crippen LogP contribution in [-0.4, -0.2) is 17.6 Å². The molecular weight excluding hydrogens is 238 g/mol. The van der Waals surface area contributed by atoms with Crippen LogP contribution in [0, 0.1) is 12.3 Å². The number of carbonyl (C=O) groups is 1. The second-order valence-electron chi connectivity index (χ2n) is 5.46. The zero-order chi connectivity index (χ0) is 13.5. The van der Waals surface area contributed by atoms with Gasteiger partial charge in [0.2, 0.25) is 5.91 Å². The van der Waals surface area contributed by atoms with Crippen LogP contribution < -0.4 is 5.32 Å². The van der Waals surface area contributed by atoms with E-state index in [4.69, 9.17) is 0 Å². The number of fused-ring (bicyclic) bond motifs is 1. The third-order valence-corrected chi connectivity index (χ3v) is 3.89. The maximum absolute atomic E-state index is 12.0. The van der Waals surface area contributed by atoms with E-state index >= 15 is 0 Å². The van der Waals surface area contributed by atoms with Crippen LogP contribution in [0.1, 0.15) is 18.4 Å². The first-order valence-corrected chi connectivity index (χ1v) is 6.56. The lowest BCUT2D eigenvalue weighted by Crippen LogP contribution is -2.27. The molecule has 0 bridgehead atoms. The molecule has 1 saturated carbocycles. The molecule has 98 valence electrons. The molecule has 1 aliphatic carbocycles. The van der Waals surface area contributed by atoms with Gasteiger partial charge in [0.05, 0.1) is 12.0 Å². The Labute approximate surface area is 112 Å². The number of amides is 1. The lowest BCUT2D eigenvalue weighted by atomic mass is 10.1. The molecule has 19 heavy (non-hydrogen) atoms. The lowest BCUT2D eigenvalue weighted by Gasteiger charge is -2.12. The van der Waals surface area contributed by atoms with Crippen LogP contribution in [0.5, 0.6) is 0 Å². The first kappa shape index (κ1) is 12.2. The number of aryl methyl sites for hydroxylation is 1. The van der Waals surface area contributed by atoms with Crippen molar-refractivity contribution in [2.45, 2.75) is 19.8 Å². The predicted octanol–water partition coefficient (Wildman–Crippen LogP) is 2.86. The topological polar surface area (TPSA) is 49.3 Å². The summed E-state index contributed by atoms with van der Waals surface area (Å²) in [6, 6.07) is 12.1. The first-order chi connectivity index (χ1) is 9.13. The number of aliphatic hydroxyl groups is 1. The highest BCUT2D eigenvalue weighted by atomic mass is 16.3. The van der Waals surface area contributed by atoms with Gasteiger partial charge in [-0.3, -0.25) is 4.79 Å². The van der Waals surface area contributed by atoms with Gasteiger partial charge in [-0.2, -0.15) is 0 Å². The summed E-state index contributed by atoms with van der Waals surface area (Å²) in [4.78, 5) is 12.0. The zero-order valence-corrected chi connectivity index (χ0v) is 10.9. The Hall–Kier alpha value is -1.87. The summed E-state index contributed by atoms with van der Waals surface area (Å²) < 4.78 is 0. The average Bonchev–Trinajstić information content (AvgIpc) is 3.20. The highest BCUT2D eigenvalue weighted by Gasteiger charge is 2.49. The molecule has 0 aliphatic heterocycles. The van der Waals surface area contributed by atoms with Crippen molar-refractivity contribution in [3.63, 3.8) is 0 Å². The van der Waals surface area contributed by atoms with Crippen LogP contribution in [-0.2, 0) is 4.79 Å². The number of anilines is 1. The van der Waals surface area contributed by atoms with Gasteiger partial charge in [0.15, 0.2) is 0 Å². The maximum Gasteiger partial charge on any atom is 0.232 e. The standard InChI is InChI=1S/C16H17NO2/c1-11-2-3-13-9-14(5-4-12(13)8-11)17-15(19)16(10-18)6-7-16/h2-5,8-9,18H,6-7,10H2,1H3,(H,17,19). The normalized spacial score (nSPS) is 16.3. The molecule has 2 N–H and O–H groups in total. The Morgan fingerprint density at radius 3 is 2.58 bits per heavy atom. The molecular formula is C16H17NO2. The number of hydrogen-bond acceptors (Lipinski definition) is 2. The number of carbonyl (C=O) groups excluding carboxylic acids is 1. The summed E-state index contributed by atoms with van der Waals surface area (Å²) in [6.07, 6.45) is 1.56. The Morgan fingerprint density at radius 2 is 1.89 bits per heavy atom. The largest absolute Gasteiger partial charge is 0.395 e. The average molecular weight is 255 g/mol. The fourth-order valence-electron chi connectivity index (χ4n) is 2.31. The monoisotopic (exact) mass is 255 g/mol. The molecule has 1 aliphatic rings. The van der Waals surface area contributed by atoms with Crippen LogP contribution in [0.25, 0.3) is 10.8 Å². The van der Waals surface area contributed by atoms with E-state index in [0.717, 1.165) is 23.9 Å². The van der Waals surface area contributed by atoms with Crippen molar-refractivity contribution in [2.75, 3.05) is 11.9 Å². The van der Waals surface area contributed by atoms with Crippen molar-refractivity contribution >= 4 is 22.4 Å². The Balaban J connectivity index is 1.86. The van der Waals surface area contributed by atoms with E-state index in [1.165, 1.54) is 10.9 Å². The molecule has 3 heteroatoms. The van der Waals surface area contributed by atoms with Gasteiger partial charge in [0.25, 0.3) is 0 Å². The minimum absolute atomic E-state index is 0.0639. The second-order valence-corrected chi connectivity index (χ2v) is 5.46. The molecule has 2 aromatic rings. The third-order valence-electron chi connectivity index (χ3n) is 3.89. The van der Waals surface area contributed by atoms with Gasteiger partial charge in [-0.05, 0) is 42.7 Å². The number of hydrogen-bond donors (Lipinski definition) is 2. The number of nitrogens with one attached hydrogen (secondary N) is 1.